The van der Waals surface area contributed by atoms with Crippen LogP contribution in [0.2, 0.25) is 0 Å². The van der Waals surface area contributed by atoms with Crippen molar-refractivity contribution in [3.63, 3.8) is 0 Å². The summed E-state index contributed by atoms with van der Waals surface area (Å²) in [5, 5.41) is 5.91. The molecule has 1 rings (SSSR count). The van der Waals surface area contributed by atoms with Crippen LogP contribution in [0.25, 0.3) is 0 Å². The topological polar surface area (TPSA) is 75.3 Å². The summed E-state index contributed by atoms with van der Waals surface area (Å²) in [6.45, 7) is 3.74. The van der Waals surface area contributed by atoms with Crippen LogP contribution in [0.1, 0.15) is 13.3 Å². The fourth-order valence-corrected chi connectivity index (χ4v) is 2.23. The predicted octanol–water partition coefficient (Wildman–Crippen LogP) is -0.855. The van der Waals surface area contributed by atoms with Crippen LogP contribution in [-0.4, -0.2) is 45.5 Å². The number of carbonyl (C=O) groups is 1. The molecule has 0 aromatic rings. The summed E-state index contributed by atoms with van der Waals surface area (Å²) in [6, 6.07) is 0.0491. The Morgan fingerprint density at radius 1 is 1.53 bits per heavy atom. The van der Waals surface area contributed by atoms with Crippen molar-refractivity contribution in [2.75, 3.05) is 25.1 Å². The van der Waals surface area contributed by atoms with Gasteiger partial charge in [0.15, 0.2) is 9.84 Å². The van der Waals surface area contributed by atoms with Crippen LogP contribution < -0.4 is 10.6 Å². The Hall–Kier alpha value is -0.620. The summed E-state index contributed by atoms with van der Waals surface area (Å²) in [7, 11) is -3.22. The van der Waals surface area contributed by atoms with E-state index in [-0.39, 0.29) is 6.04 Å². The highest BCUT2D eigenvalue weighted by Crippen LogP contribution is 2.10. The van der Waals surface area contributed by atoms with Gasteiger partial charge in [-0.2, -0.15) is 0 Å². The van der Waals surface area contributed by atoms with Gasteiger partial charge in [0.25, 0.3) is 0 Å². The van der Waals surface area contributed by atoms with Gasteiger partial charge < -0.3 is 10.6 Å². The van der Waals surface area contributed by atoms with Crippen LogP contribution in [0.3, 0.4) is 0 Å². The average molecular weight is 234 g/mol. The normalized spacial score (nSPS) is 27.3. The summed E-state index contributed by atoms with van der Waals surface area (Å²) in [5.74, 6) is -0.427. The van der Waals surface area contributed by atoms with E-state index in [2.05, 4.69) is 17.6 Å². The standard InChI is InChI=1S/C9H18N2O3S/c1-7-3-4-10-5-8(7)11-9(12)6-15(2,13)14/h7-8,10H,3-6H2,1-2H3,(H,11,12). The number of sulfone groups is 1. The predicted molar refractivity (Wildman–Crippen MR) is 58.3 cm³/mol. The van der Waals surface area contributed by atoms with Crippen LogP contribution in [0.5, 0.6) is 0 Å². The highest BCUT2D eigenvalue weighted by atomic mass is 32.2. The molecule has 15 heavy (non-hydrogen) atoms. The molecule has 5 nitrogen and oxygen atoms in total. The van der Waals surface area contributed by atoms with Crippen LogP contribution >= 0.6 is 0 Å². The Kier molecular flexibility index (Phi) is 4.10. The van der Waals surface area contributed by atoms with Gasteiger partial charge in [-0.05, 0) is 18.9 Å². The van der Waals surface area contributed by atoms with E-state index in [1.807, 2.05) is 0 Å². The smallest absolute Gasteiger partial charge is 0.235 e. The van der Waals surface area contributed by atoms with Crippen molar-refractivity contribution in [2.45, 2.75) is 19.4 Å². The molecular weight excluding hydrogens is 216 g/mol. The first-order chi connectivity index (χ1) is 6.88. The van der Waals surface area contributed by atoms with Gasteiger partial charge in [-0.1, -0.05) is 6.92 Å². The van der Waals surface area contributed by atoms with Crippen molar-refractivity contribution in [1.82, 2.24) is 10.6 Å². The lowest BCUT2D eigenvalue weighted by Gasteiger charge is -2.30. The third-order valence-corrected chi connectivity index (χ3v) is 3.35. The number of nitrogens with one attached hydrogen (secondary N) is 2. The van der Waals surface area contributed by atoms with Gasteiger partial charge in [0, 0.05) is 18.8 Å². The second-order valence-electron chi connectivity index (χ2n) is 4.21. The van der Waals surface area contributed by atoms with E-state index in [4.69, 9.17) is 0 Å². The third kappa shape index (κ3) is 4.61. The summed E-state index contributed by atoms with van der Waals surface area (Å²) < 4.78 is 21.8. The maximum Gasteiger partial charge on any atom is 0.235 e. The summed E-state index contributed by atoms with van der Waals surface area (Å²) >= 11 is 0. The second kappa shape index (κ2) is 4.94. The molecular formula is C9H18N2O3S. The Balaban J connectivity index is 2.43. The van der Waals surface area contributed by atoms with E-state index in [1.54, 1.807) is 0 Å². The molecule has 0 aromatic heterocycles. The summed E-state index contributed by atoms with van der Waals surface area (Å²) in [5.41, 5.74) is 0. The largest absolute Gasteiger partial charge is 0.351 e. The third-order valence-electron chi connectivity index (χ3n) is 2.57. The number of rotatable bonds is 3. The van der Waals surface area contributed by atoms with Gasteiger partial charge in [0.05, 0.1) is 0 Å². The molecule has 0 aromatic carbocycles. The fraction of sp³-hybridized carbons (Fsp3) is 0.889. The fourth-order valence-electron chi connectivity index (χ4n) is 1.67. The summed E-state index contributed by atoms with van der Waals surface area (Å²) in [4.78, 5) is 11.4. The SMILES string of the molecule is CC1CCNCC1NC(=O)CS(C)(=O)=O. The zero-order chi connectivity index (χ0) is 11.5. The Bertz CT molecular complexity index is 326. The van der Waals surface area contributed by atoms with Crippen LogP contribution in [0.15, 0.2) is 0 Å². The minimum Gasteiger partial charge on any atom is -0.351 e. The van der Waals surface area contributed by atoms with Crippen LogP contribution in [-0.2, 0) is 14.6 Å². The first-order valence-electron chi connectivity index (χ1n) is 5.06. The van der Waals surface area contributed by atoms with Gasteiger partial charge in [-0.3, -0.25) is 4.79 Å². The highest BCUT2D eigenvalue weighted by Gasteiger charge is 2.23. The molecule has 2 unspecified atom stereocenters. The van der Waals surface area contributed by atoms with Crippen molar-refractivity contribution in [3.8, 4) is 0 Å². The van der Waals surface area contributed by atoms with E-state index in [0.717, 1.165) is 25.8 Å². The molecule has 0 bridgehead atoms. The van der Waals surface area contributed by atoms with Gasteiger partial charge in [-0.25, -0.2) is 8.42 Å². The van der Waals surface area contributed by atoms with Crippen molar-refractivity contribution < 1.29 is 13.2 Å². The molecule has 1 aliphatic rings. The number of hydrogen-bond donors (Lipinski definition) is 2. The number of amides is 1. The first kappa shape index (κ1) is 12.4. The molecule has 0 saturated carbocycles. The van der Waals surface area contributed by atoms with E-state index in [1.165, 1.54) is 0 Å². The Morgan fingerprint density at radius 2 is 2.20 bits per heavy atom. The molecule has 1 amide bonds. The monoisotopic (exact) mass is 234 g/mol. The molecule has 6 heteroatoms. The van der Waals surface area contributed by atoms with Crippen molar-refractivity contribution in [1.29, 1.82) is 0 Å². The van der Waals surface area contributed by atoms with E-state index in [9.17, 15) is 13.2 Å². The molecule has 2 N–H and O–H groups in total. The number of hydrogen-bond acceptors (Lipinski definition) is 4. The van der Waals surface area contributed by atoms with Gasteiger partial charge in [-0.15, -0.1) is 0 Å². The first-order valence-corrected chi connectivity index (χ1v) is 7.12. The average Bonchev–Trinajstić information content (AvgIpc) is 2.05. The minimum atomic E-state index is -3.22. The van der Waals surface area contributed by atoms with E-state index < -0.39 is 21.5 Å². The molecule has 1 heterocycles. The van der Waals surface area contributed by atoms with E-state index >= 15 is 0 Å². The van der Waals surface area contributed by atoms with Gasteiger partial charge in [0.2, 0.25) is 5.91 Å². The quantitative estimate of drug-likeness (QED) is 0.666. The van der Waals surface area contributed by atoms with Crippen molar-refractivity contribution >= 4 is 15.7 Å². The molecule has 0 aliphatic carbocycles. The van der Waals surface area contributed by atoms with E-state index in [0.29, 0.717) is 5.92 Å². The lowest BCUT2D eigenvalue weighted by molar-refractivity contribution is -0.119. The molecule has 88 valence electrons. The van der Waals surface area contributed by atoms with Gasteiger partial charge in [0.1, 0.15) is 5.75 Å². The highest BCUT2D eigenvalue weighted by molar-refractivity contribution is 7.91. The minimum absolute atomic E-state index is 0.0491. The molecule has 1 aliphatic heterocycles. The maximum absolute atomic E-state index is 11.4. The molecule has 1 fully saturated rings. The van der Waals surface area contributed by atoms with Gasteiger partial charge >= 0.3 is 0 Å². The zero-order valence-electron chi connectivity index (χ0n) is 9.12. The molecule has 1 saturated heterocycles. The van der Waals surface area contributed by atoms with Crippen LogP contribution in [0.4, 0.5) is 0 Å². The van der Waals surface area contributed by atoms with Crippen molar-refractivity contribution in [2.24, 2.45) is 5.92 Å². The molecule has 0 spiro atoms. The van der Waals surface area contributed by atoms with Crippen LogP contribution in [0, 0.1) is 5.92 Å². The Labute approximate surface area is 90.5 Å². The number of piperidine rings is 1. The molecule has 0 radical (unpaired) electrons. The maximum atomic E-state index is 11.4. The van der Waals surface area contributed by atoms with Crippen molar-refractivity contribution in [3.05, 3.63) is 0 Å². The molecule has 2 atom stereocenters. The number of carbonyl (C=O) groups excluding carboxylic acids is 1. The Morgan fingerprint density at radius 3 is 2.73 bits per heavy atom. The lowest BCUT2D eigenvalue weighted by Crippen LogP contribution is -2.51. The second-order valence-corrected chi connectivity index (χ2v) is 6.35. The zero-order valence-corrected chi connectivity index (χ0v) is 9.93. The lowest BCUT2D eigenvalue weighted by atomic mass is 9.95. The summed E-state index contributed by atoms with van der Waals surface area (Å²) in [6.07, 6.45) is 2.07.